The number of hydrogen-bond donors (Lipinski definition) is 2. The number of aromatic nitrogens is 2. The molecule has 0 unspecified atom stereocenters. The highest BCUT2D eigenvalue weighted by molar-refractivity contribution is 6.52. The molecule has 0 radical (unpaired) electrons. The fourth-order valence-electron chi connectivity index (χ4n) is 4.12. The molecule has 0 aliphatic heterocycles. The van der Waals surface area contributed by atoms with E-state index < -0.39 is 0 Å². The lowest BCUT2D eigenvalue weighted by Gasteiger charge is -2.09. The van der Waals surface area contributed by atoms with E-state index in [1.807, 2.05) is 50.7 Å². The Kier molecular flexibility index (Phi) is 6.98. The predicted octanol–water partition coefficient (Wildman–Crippen LogP) is 3.65. The zero-order chi connectivity index (χ0) is 22.4. The maximum atomic E-state index is 4.22. The van der Waals surface area contributed by atoms with E-state index in [1.54, 1.807) is 7.05 Å². The lowest BCUT2D eigenvalue weighted by atomic mass is 9.82. The predicted molar refractivity (Wildman–Crippen MR) is 140 cm³/mol. The number of rotatable bonds is 8. The fourth-order valence-corrected chi connectivity index (χ4v) is 4.12. The van der Waals surface area contributed by atoms with Gasteiger partial charge in [0.2, 0.25) is 0 Å². The van der Waals surface area contributed by atoms with Crippen molar-refractivity contribution in [3.63, 3.8) is 0 Å². The van der Waals surface area contributed by atoms with Gasteiger partial charge in [-0.2, -0.15) is 0 Å². The van der Waals surface area contributed by atoms with E-state index in [2.05, 4.69) is 69.8 Å². The summed E-state index contributed by atoms with van der Waals surface area (Å²) in [6.45, 7) is 14.2. The SMILES string of the molecule is C=C/C=c1/c(-c2c(C=C)n(BC(/C=N\C)=C/NC)c3ccccc23)c(C=C)[nH]/c1=C/C. The first-order valence-electron chi connectivity index (χ1n) is 10.3. The summed E-state index contributed by atoms with van der Waals surface area (Å²) in [5, 5.41) is 6.43. The molecule has 4 nitrogen and oxygen atoms in total. The van der Waals surface area contributed by atoms with E-state index in [-0.39, 0.29) is 0 Å². The van der Waals surface area contributed by atoms with E-state index in [4.69, 9.17) is 0 Å². The van der Waals surface area contributed by atoms with Gasteiger partial charge in [0.1, 0.15) is 0 Å². The molecule has 2 aromatic heterocycles. The van der Waals surface area contributed by atoms with E-state index in [9.17, 15) is 0 Å². The normalized spacial score (nSPS) is 13.2. The standard InChI is InChI=1S/C26H29BN4/c1-7-13-19-21(8-2)30-22(9-3)25(19)26-20-14-11-12-15-24(20)31(23(26)10-4)27-18(16-28-5)17-29-6/h7-17,27-28,30H,1,3-4H2,2,5-6H3/b18-16+,19-13+,21-8+,29-17-. The Morgan fingerprint density at radius 3 is 2.55 bits per heavy atom. The van der Waals surface area contributed by atoms with Gasteiger partial charge in [-0.25, -0.2) is 0 Å². The molecule has 0 bridgehead atoms. The van der Waals surface area contributed by atoms with Gasteiger partial charge in [0.05, 0.1) is 0 Å². The van der Waals surface area contributed by atoms with Crippen LogP contribution in [0.15, 0.2) is 66.7 Å². The van der Waals surface area contributed by atoms with Crippen molar-refractivity contribution in [2.45, 2.75) is 6.92 Å². The Morgan fingerprint density at radius 2 is 1.94 bits per heavy atom. The highest BCUT2D eigenvalue weighted by Gasteiger charge is 2.21. The molecule has 0 amide bonds. The van der Waals surface area contributed by atoms with Crippen molar-refractivity contribution >= 4 is 48.8 Å². The number of hydrogen-bond acceptors (Lipinski definition) is 2. The molecule has 31 heavy (non-hydrogen) atoms. The summed E-state index contributed by atoms with van der Waals surface area (Å²) in [6.07, 6.45) is 13.6. The molecule has 2 N–H and O–H groups in total. The van der Waals surface area contributed by atoms with Gasteiger partial charge in [0.15, 0.2) is 0 Å². The number of fused-ring (bicyclic) bond motifs is 1. The molecule has 0 spiro atoms. The summed E-state index contributed by atoms with van der Waals surface area (Å²) in [7, 11) is 4.35. The summed E-state index contributed by atoms with van der Waals surface area (Å²) in [4.78, 5) is 7.72. The Morgan fingerprint density at radius 1 is 1.16 bits per heavy atom. The molecule has 5 heteroatoms. The van der Waals surface area contributed by atoms with Crippen LogP contribution in [0.3, 0.4) is 0 Å². The van der Waals surface area contributed by atoms with Crippen LogP contribution in [-0.2, 0) is 0 Å². The third kappa shape index (κ3) is 3.99. The number of aromatic amines is 1. The molecular weight excluding hydrogens is 379 g/mol. The van der Waals surface area contributed by atoms with Gasteiger partial charge in [-0.15, -0.1) is 0 Å². The van der Waals surface area contributed by atoms with Crippen molar-refractivity contribution in [1.29, 1.82) is 0 Å². The van der Waals surface area contributed by atoms with Gasteiger partial charge >= 0.3 is 0 Å². The molecule has 2 heterocycles. The van der Waals surface area contributed by atoms with Gasteiger partial charge in [-0.3, -0.25) is 4.99 Å². The lowest BCUT2D eigenvalue weighted by molar-refractivity contribution is 1.10. The van der Waals surface area contributed by atoms with E-state index >= 15 is 0 Å². The maximum absolute atomic E-state index is 4.22. The zero-order valence-electron chi connectivity index (χ0n) is 18.6. The molecule has 3 aromatic rings. The molecule has 0 saturated heterocycles. The molecule has 3 rings (SSSR count). The third-order valence-electron chi connectivity index (χ3n) is 5.30. The zero-order valence-corrected chi connectivity index (χ0v) is 18.6. The summed E-state index contributed by atoms with van der Waals surface area (Å²) >= 11 is 0. The van der Waals surface area contributed by atoms with Crippen molar-refractivity contribution < 1.29 is 0 Å². The minimum atomic E-state index is 0.668. The van der Waals surface area contributed by atoms with Gasteiger partial charge in [-0.1, -0.05) is 56.2 Å². The Labute approximate surface area is 184 Å². The number of nitrogens with one attached hydrogen (secondary N) is 2. The molecule has 0 saturated carbocycles. The molecule has 0 aliphatic carbocycles. The molecule has 1 aromatic carbocycles. The first-order chi connectivity index (χ1) is 15.1. The number of para-hydroxylation sites is 1. The van der Waals surface area contributed by atoms with Crippen molar-refractivity contribution in [2.24, 2.45) is 4.99 Å². The van der Waals surface area contributed by atoms with E-state index in [0.29, 0.717) is 7.41 Å². The molecule has 0 fully saturated rings. The smallest absolute Gasteiger partial charge is 0.278 e. The van der Waals surface area contributed by atoms with E-state index in [0.717, 1.165) is 49.5 Å². The van der Waals surface area contributed by atoms with E-state index in [1.165, 1.54) is 0 Å². The second-order valence-corrected chi connectivity index (χ2v) is 7.10. The summed E-state index contributed by atoms with van der Waals surface area (Å²) in [5.41, 5.74) is 6.48. The Hall–Kier alpha value is -3.73. The van der Waals surface area contributed by atoms with Crippen LogP contribution in [0.2, 0.25) is 0 Å². The number of benzene rings is 1. The topological polar surface area (TPSA) is 45.1 Å². The van der Waals surface area contributed by atoms with Crippen LogP contribution in [0.1, 0.15) is 18.3 Å². The fraction of sp³-hybridized carbons (Fsp3) is 0.115. The van der Waals surface area contributed by atoms with Crippen LogP contribution in [-0.4, -0.2) is 37.2 Å². The van der Waals surface area contributed by atoms with Crippen molar-refractivity contribution in [2.75, 3.05) is 14.1 Å². The molecule has 0 atom stereocenters. The van der Waals surface area contributed by atoms with Crippen LogP contribution in [0.25, 0.3) is 46.3 Å². The van der Waals surface area contributed by atoms with Gasteiger partial charge in [0.25, 0.3) is 7.41 Å². The van der Waals surface area contributed by atoms with Crippen LogP contribution >= 0.6 is 0 Å². The minimum Gasteiger partial charge on any atom is -0.394 e. The number of H-pyrrole nitrogens is 1. The van der Waals surface area contributed by atoms with Crippen molar-refractivity contribution in [3.05, 3.63) is 83.7 Å². The number of allylic oxidation sites excluding steroid dienone is 2. The van der Waals surface area contributed by atoms with Gasteiger partial charge in [0, 0.05) is 64.3 Å². The third-order valence-corrected chi connectivity index (χ3v) is 5.30. The van der Waals surface area contributed by atoms with Crippen molar-refractivity contribution in [3.8, 4) is 11.1 Å². The van der Waals surface area contributed by atoms with Gasteiger partial charge < -0.3 is 14.8 Å². The van der Waals surface area contributed by atoms with Crippen LogP contribution in [0.4, 0.5) is 0 Å². The van der Waals surface area contributed by atoms with Crippen molar-refractivity contribution in [1.82, 2.24) is 14.8 Å². The molecular formula is C26H29BN4. The summed E-state index contributed by atoms with van der Waals surface area (Å²) in [6, 6.07) is 8.45. The second-order valence-electron chi connectivity index (χ2n) is 7.10. The Bertz CT molecular complexity index is 1320. The quantitative estimate of drug-likeness (QED) is 0.434. The maximum Gasteiger partial charge on any atom is 0.278 e. The first-order valence-corrected chi connectivity index (χ1v) is 10.3. The molecule has 0 aliphatic rings. The summed E-state index contributed by atoms with van der Waals surface area (Å²) < 4.78 is 2.29. The highest BCUT2D eigenvalue weighted by Crippen LogP contribution is 2.35. The monoisotopic (exact) mass is 408 g/mol. The van der Waals surface area contributed by atoms with Crippen LogP contribution < -0.4 is 15.9 Å². The second kappa shape index (κ2) is 9.85. The average Bonchev–Trinajstić information content (AvgIpc) is 3.28. The molecule has 156 valence electrons. The van der Waals surface area contributed by atoms with Gasteiger partial charge in [-0.05, 0) is 36.8 Å². The average molecular weight is 408 g/mol. The van der Waals surface area contributed by atoms with Crippen LogP contribution in [0.5, 0.6) is 0 Å². The minimum absolute atomic E-state index is 0.668. The lowest BCUT2D eigenvalue weighted by Crippen LogP contribution is -2.23. The Balaban J connectivity index is 2.48. The number of nitrogens with zero attached hydrogens (tertiary/aromatic N) is 2. The highest BCUT2D eigenvalue weighted by atomic mass is 14.9. The largest absolute Gasteiger partial charge is 0.394 e. The first kappa shape index (κ1) is 22.0. The summed E-state index contributed by atoms with van der Waals surface area (Å²) in [5.74, 6) is 0. The number of aliphatic imine (C=N–C) groups is 1. The van der Waals surface area contributed by atoms with Crippen LogP contribution in [0, 0.1) is 0 Å².